The van der Waals surface area contributed by atoms with Gasteiger partial charge in [0.15, 0.2) is 11.5 Å². The van der Waals surface area contributed by atoms with Gasteiger partial charge in [-0.2, -0.15) is 0 Å². The number of hydrogen-bond acceptors (Lipinski definition) is 6. The predicted octanol–water partition coefficient (Wildman–Crippen LogP) is 5.74. The Hall–Kier alpha value is -5.11. The average molecular weight is 511 g/mol. The number of carbonyl (C=O) groups excluding carboxylic acids is 3. The lowest BCUT2D eigenvalue weighted by molar-refractivity contribution is 0.0732. The van der Waals surface area contributed by atoms with Crippen molar-refractivity contribution in [2.24, 2.45) is 0 Å². The van der Waals surface area contributed by atoms with Crippen molar-refractivity contribution in [2.75, 3.05) is 24.9 Å². The molecule has 8 nitrogen and oxygen atoms in total. The summed E-state index contributed by atoms with van der Waals surface area (Å²) in [4.78, 5) is 38.5. The van der Waals surface area contributed by atoms with E-state index in [0.29, 0.717) is 34.0 Å². The molecule has 38 heavy (non-hydrogen) atoms. The zero-order valence-electron chi connectivity index (χ0n) is 21.1. The Balaban J connectivity index is 1.50. The monoisotopic (exact) mass is 510 g/mol. The third-order valence-electron chi connectivity index (χ3n) is 5.73. The molecule has 0 aliphatic heterocycles. The Morgan fingerprint density at radius 3 is 2.08 bits per heavy atom. The summed E-state index contributed by atoms with van der Waals surface area (Å²) in [6.07, 6.45) is 0. The number of methoxy groups -OCH3 is 2. The molecule has 0 saturated carbocycles. The minimum atomic E-state index is -0.568. The number of hydrogen-bond donors (Lipinski definition) is 2. The largest absolute Gasteiger partial charge is 0.493 e. The highest BCUT2D eigenvalue weighted by Crippen LogP contribution is 2.29. The normalized spacial score (nSPS) is 10.3. The van der Waals surface area contributed by atoms with E-state index in [9.17, 15) is 14.4 Å². The molecule has 0 unspecified atom stereocenters. The minimum absolute atomic E-state index is 0.132. The van der Waals surface area contributed by atoms with Crippen LogP contribution in [0.3, 0.4) is 0 Å². The highest BCUT2D eigenvalue weighted by molar-refractivity contribution is 6.08. The molecular weight excluding hydrogens is 484 g/mol. The molecule has 0 radical (unpaired) electrons. The highest BCUT2D eigenvalue weighted by atomic mass is 16.5. The third kappa shape index (κ3) is 5.99. The van der Waals surface area contributed by atoms with Crippen LogP contribution in [0.4, 0.5) is 11.4 Å². The standard InChI is InChI=1S/C30H26N2O6/c1-19-13-15-22(18-24(19)32-28(33)21-14-16-26(36-2)27(17-21)37-3)31-29(34)23-11-7-8-12-25(23)38-30(35)20-9-5-4-6-10-20/h4-18H,1-3H3,(H,31,34)(H,32,33). The Bertz CT molecular complexity index is 1480. The molecule has 0 aromatic heterocycles. The molecule has 0 spiro atoms. The second-order valence-corrected chi connectivity index (χ2v) is 8.26. The lowest BCUT2D eigenvalue weighted by Gasteiger charge is -2.14. The number of rotatable bonds is 8. The van der Waals surface area contributed by atoms with Gasteiger partial charge in [-0.15, -0.1) is 0 Å². The van der Waals surface area contributed by atoms with Crippen LogP contribution >= 0.6 is 0 Å². The molecule has 4 aromatic rings. The van der Waals surface area contributed by atoms with Gasteiger partial charge < -0.3 is 24.8 Å². The number of nitrogens with one attached hydrogen (secondary N) is 2. The van der Waals surface area contributed by atoms with Gasteiger partial charge in [0, 0.05) is 16.9 Å². The average Bonchev–Trinajstić information content (AvgIpc) is 2.95. The lowest BCUT2D eigenvalue weighted by Crippen LogP contribution is -2.17. The Kier molecular flexibility index (Phi) is 8.03. The van der Waals surface area contributed by atoms with Crippen molar-refractivity contribution in [3.8, 4) is 17.2 Å². The van der Waals surface area contributed by atoms with E-state index in [1.54, 1.807) is 91.0 Å². The fourth-order valence-corrected chi connectivity index (χ4v) is 3.68. The first-order chi connectivity index (χ1) is 18.4. The van der Waals surface area contributed by atoms with Gasteiger partial charge in [-0.05, 0) is 67.1 Å². The Morgan fingerprint density at radius 2 is 1.34 bits per heavy atom. The van der Waals surface area contributed by atoms with Crippen molar-refractivity contribution in [2.45, 2.75) is 6.92 Å². The molecule has 4 rings (SSSR count). The van der Waals surface area contributed by atoms with E-state index in [0.717, 1.165) is 5.56 Å². The molecule has 0 fully saturated rings. The van der Waals surface area contributed by atoms with E-state index in [2.05, 4.69) is 10.6 Å². The van der Waals surface area contributed by atoms with Crippen LogP contribution < -0.4 is 24.8 Å². The van der Waals surface area contributed by atoms with E-state index in [1.165, 1.54) is 14.2 Å². The van der Waals surface area contributed by atoms with Gasteiger partial charge in [-0.25, -0.2) is 4.79 Å². The molecule has 2 amide bonds. The van der Waals surface area contributed by atoms with Gasteiger partial charge in [-0.1, -0.05) is 36.4 Å². The van der Waals surface area contributed by atoms with Crippen LogP contribution in [0.1, 0.15) is 36.6 Å². The maximum atomic E-state index is 13.1. The third-order valence-corrected chi connectivity index (χ3v) is 5.73. The van der Waals surface area contributed by atoms with Gasteiger partial charge >= 0.3 is 5.97 Å². The number of amides is 2. The van der Waals surface area contributed by atoms with Crippen molar-refractivity contribution in [1.29, 1.82) is 0 Å². The smallest absolute Gasteiger partial charge is 0.343 e. The number of para-hydroxylation sites is 1. The molecule has 0 saturated heterocycles. The van der Waals surface area contributed by atoms with E-state index >= 15 is 0 Å². The molecular formula is C30H26N2O6. The van der Waals surface area contributed by atoms with Crippen LogP contribution in [0.15, 0.2) is 91.0 Å². The molecule has 8 heteroatoms. The minimum Gasteiger partial charge on any atom is -0.493 e. The van der Waals surface area contributed by atoms with E-state index in [4.69, 9.17) is 14.2 Å². The van der Waals surface area contributed by atoms with Crippen molar-refractivity contribution in [1.82, 2.24) is 0 Å². The fraction of sp³-hybridized carbons (Fsp3) is 0.100. The van der Waals surface area contributed by atoms with Crippen molar-refractivity contribution in [3.05, 3.63) is 113 Å². The highest BCUT2D eigenvalue weighted by Gasteiger charge is 2.17. The van der Waals surface area contributed by atoms with Gasteiger partial charge in [0.25, 0.3) is 11.8 Å². The number of ether oxygens (including phenoxy) is 3. The molecule has 0 aliphatic rings. The van der Waals surface area contributed by atoms with Crippen molar-refractivity contribution in [3.63, 3.8) is 0 Å². The molecule has 0 bridgehead atoms. The zero-order valence-corrected chi connectivity index (χ0v) is 21.1. The summed E-state index contributed by atoms with van der Waals surface area (Å²) >= 11 is 0. The summed E-state index contributed by atoms with van der Waals surface area (Å²) in [5, 5.41) is 5.68. The quantitative estimate of drug-likeness (QED) is 0.232. The molecule has 0 atom stereocenters. The van der Waals surface area contributed by atoms with Gasteiger partial charge in [-0.3, -0.25) is 9.59 Å². The maximum Gasteiger partial charge on any atom is 0.343 e. The number of aryl methyl sites for hydroxylation is 1. The van der Waals surface area contributed by atoms with E-state index in [1.807, 2.05) is 6.92 Å². The van der Waals surface area contributed by atoms with Gasteiger partial charge in [0.1, 0.15) is 5.75 Å². The SMILES string of the molecule is COc1ccc(C(=O)Nc2cc(NC(=O)c3ccccc3OC(=O)c3ccccc3)ccc2C)cc1OC. The van der Waals surface area contributed by atoms with Crippen molar-refractivity contribution < 1.29 is 28.6 Å². The van der Waals surface area contributed by atoms with Crippen LogP contribution in [0.25, 0.3) is 0 Å². The maximum absolute atomic E-state index is 13.1. The van der Waals surface area contributed by atoms with Crippen LogP contribution in [-0.2, 0) is 0 Å². The van der Waals surface area contributed by atoms with Crippen LogP contribution in [-0.4, -0.2) is 32.0 Å². The first-order valence-corrected chi connectivity index (χ1v) is 11.7. The second-order valence-electron chi connectivity index (χ2n) is 8.26. The Labute approximate surface area is 220 Å². The van der Waals surface area contributed by atoms with Gasteiger partial charge in [0.05, 0.1) is 25.3 Å². The van der Waals surface area contributed by atoms with Gasteiger partial charge in [0.2, 0.25) is 0 Å². The van der Waals surface area contributed by atoms with Crippen LogP contribution in [0.5, 0.6) is 17.2 Å². The fourth-order valence-electron chi connectivity index (χ4n) is 3.68. The Morgan fingerprint density at radius 1 is 0.632 bits per heavy atom. The summed E-state index contributed by atoms with van der Waals surface area (Å²) < 4.78 is 16.0. The number of benzene rings is 4. The van der Waals surface area contributed by atoms with Crippen LogP contribution in [0, 0.1) is 6.92 Å². The topological polar surface area (TPSA) is 103 Å². The molecule has 0 heterocycles. The lowest BCUT2D eigenvalue weighted by atomic mass is 10.1. The number of esters is 1. The molecule has 2 N–H and O–H groups in total. The van der Waals surface area contributed by atoms with E-state index in [-0.39, 0.29) is 17.2 Å². The molecule has 0 aliphatic carbocycles. The predicted molar refractivity (Wildman–Crippen MR) is 144 cm³/mol. The summed E-state index contributed by atoms with van der Waals surface area (Å²) in [7, 11) is 3.02. The summed E-state index contributed by atoms with van der Waals surface area (Å²) in [6.45, 7) is 1.84. The summed E-state index contributed by atoms with van der Waals surface area (Å²) in [5.41, 5.74) is 2.71. The van der Waals surface area contributed by atoms with Crippen molar-refractivity contribution >= 4 is 29.2 Å². The van der Waals surface area contributed by atoms with E-state index < -0.39 is 11.9 Å². The first kappa shape index (κ1) is 26.0. The molecule has 4 aromatic carbocycles. The number of anilines is 2. The number of carbonyl (C=O) groups is 3. The van der Waals surface area contributed by atoms with Crippen LogP contribution in [0.2, 0.25) is 0 Å². The first-order valence-electron chi connectivity index (χ1n) is 11.7. The zero-order chi connectivity index (χ0) is 27.1. The molecule has 192 valence electrons. The summed E-state index contributed by atoms with van der Waals surface area (Å²) in [5.74, 6) is -0.309. The second kappa shape index (κ2) is 11.7. The summed E-state index contributed by atoms with van der Waals surface area (Å²) in [6, 6.07) is 25.0.